The fraction of sp³-hybridized carbons (Fsp3) is 0.0800. The van der Waals surface area contributed by atoms with Crippen LogP contribution in [0, 0.1) is 0 Å². The number of hydrogen-bond acceptors (Lipinski definition) is 2. The third-order valence-corrected chi connectivity index (χ3v) is 5.60. The highest BCUT2D eigenvalue weighted by Gasteiger charge is 2.51. The van der Waals surface area contributed by atoms with Gasteiger partial charge in [0.15, 0.2) is 0 Å². The summed E-state index contributed by atoms with van der Waals surface area (Å²) in [5.41, 5.74) is 1.72. The van der Waals surface area contributed by atoms with E-state index in [0.717, 1.165) is 16.3 Å². The molecule has 2 unspecified atom stereocenters. The summed E-state index contributed by atoms with van der Waals surface area (Å²) in [6, 6.07) is 31.1. The van der Waals surface area contributed by atoms with Gasteiger partial charge >= 0.3 is 0 Å². The molecular formula is C25H18ClNO2. The van der Waals surface area contributed by atoms with Crippen LogP contribution in [0.5, 0.6) is 5.75 Å². The van der Waals surface area contributed by atoms with Crippen molar-refractivity contribution in [1.82, 2.24) is 0 Å². The monoisotopic (exact) mass is 399 g/mol. The van der Waals surface area contributed by atoms with Gasteiger partial charge in [0.2, 0.25) is 6.10 Å². The Balaban J connectivity index is 1.58. The lowest BCUT2D eigenvalue weighted by molar-refractivity contribution is -0.135. The molecule has 1 fully saturated rings. The van der Waals surface area contributed by atoms with E-state index in [1.165, 1.54) is 0 Å². The van der Waals surface area contributed by atoms with Crippen molar-refractivity contribution >= 4 is 34.0 Å². The van der Waals surface area contributed by atoms with Crippen LogP contribution in [0.1, 0.15) is 11.6 Å². The Morgan fingerprint density at radius 1 is 0.759 bits per heavy atom. The van der Waals surface area contributed by atoms with Crippen molar-refractivity contribution in [3.8, 4) is 5.75 Å². The average Bonchev–Trinajstić information content (AvgIpc) is 2.77. The molecule has 0 aromatic heterocycles. The molecule has 1 saturated heterocycles. The normalized spacial score (nSPS) is 18.5. The molecule has 0 bridgehead atoms. The van der Waals surface area contributed by atoms with Crippen molar-refractivity contribution < 1.29 is 9.53 Å². The topological polar surface area (TPSA) is 29.5 Å². The summed E-state index contributed by atoms with van der Waals surface area (Å²) in [4.78, 5) is 14.8. The zero-order valence-electron chi connectivity index (χ0n) is 15.5. The molecule has 0 N–H and O–H groups in total. The Morgan fingerprint density at radius 2 is 1.45 bits per heavy atom. The van der Waals surface area contributed by atoms with E-state index in [-0.39, 0.29) is 11.9 Å². The van der Waals surface area contributed by atoms with E-state index >= 15 is 0 Å². The van der Waals surface area contributed by atoms with Crippen molar-refractivity contribution in [2.75, 3.05) is 4.90 Å². The fourth-order valence-corrected chi connectivity index (χ4v) is 4.08. The summed E-state index contributed by atoms with van der Waals surface area (Å²) in [7, 11) is 0. The van der Waals surface area contributed by atoms with Gasteiger partial charge in [-0.2, -0.15) is 0 Å². The summed E-state index contributed by atoms with van der Waals surface area (Å²) >= 11 is 6.42. The van der Waals surface area contributed by atoms with Gasteiger partial charge in [-0.25, -0.2) is 0 Å². The summed E-state index contributed by atoms with van der Waals surface area (Å²) in [6.07, 6.45) is -0.602. The van der Waals surface area contributed by atoms with Gasteiger partial charge in [-0.05, 0) is 46.7 Å². The molecule has 3 nitrogen and oxygen atoms in total. The summed E-state index contributed by atoms with van der Waals surface area (Å²) in [5, 5.41) is 2.83. The highest BCUT2D eigenvalue weighted by molar-refractivity contribution is 6.34. The number of hydrogen-bond donors (Lipinski definition) is 0. The average molecular weight is 400 g/mol. The minimum absolute atomic E-state index is 0.0971. The lowest BCUT2D eigenvalue weighted by atomic mass is 9.88. The minimum Gasteiger partial charge on any atom is -0.478 e. The van der Waals surface area contributed by atoms with Crippen LogP contribution >= 0.6 is 11.6 Å². The first-order valence-corrected chi connectivity index (χ1v) is 9.88. The Hall–Kier alpha value is -3.30. The van der Waals surface area contributed by atoms with Gasteiger partial charge in [0.05, 0.1) is 10.7 Å². The smallest absolute Gasteiger partial charge is 0.271 e. The molecule has 1 aliphatic heterocycles. The molecule has 0 spiro atoms. The summed E-state index contributed by atoms with van der Waals surface area (Å²) < 4.78 is 6.10. The SMILES string of the molecule is O=C1C(Oc2ccccc2)C(c2ccc3ccccc3c2)N1c1ccccc1Cl. The zero-order valence-corrected chi connectivity index (χ0v) is 16.3. The number of β-lactam (4-membered cyclic amide) rings is 1. The van der Waals surface area contributed by atoms with Crippen LogP contribution in [-0.4, -0.2) is 12.0 Å². The molecule has 2 atom stereocenters. The first-order valence-electron chi connectivity index (χ1n) is 9.50. The maximum atomic E-state index is 13.1. The summed E-state index contributed by atoms with van der Waals surface area (Å²) in [5.74, 6) is 0.579. The Labute approximate surface area is 174 Å². The number of benzene rings is 4. The number of halogens is 1. The zero-order chi connectivity index (χ0) is 19.8. The van der Waals surface area contributed by atoms with Gasteiger partial charge < -0.3 is 4.74 Å². The molecule has 5 rings (SSSR count). The molecule has 0 aliphatic carbocycles. The largest absolute Gasteiger partial charge is 0.478 e. The number of carbonyl (C=O) groups excluding carboxylic acids is 1. The molecule has 1 heterocycles. The number of fused-ring (bicyclic) bond motifs is 1. The van der Waals surface area contributed by atoms with Crippen molar-refractivity contribution in [2.45, 2.75) is 12.1 Å². The highest BCUT2D eigenvalue weighted by Crippen LogP contribution is 2.44. The van der Waals surface area contributed by atoms with E-state index < -0.39 is 6.10 Å². The predicted molar refractivity (Wildman–Crippen MR) is 116 cm³/mol. The maximum absolute atomic E-state index is 13.1. The van der Waals surface area contributed by atoms with Crippen molar-refractivity contribution in [3.63, 3.8) is 0 Å². The molecule has 0 saturated carbocycles. The molecule has 1 amide bonds. The second kappa shape index (κ2) is 7.26. The molecular weight excluding hydrogens is 382 g/mol. The standard InChI is InChI=1S/C25H18ClNO2/c26-21-12-6-7-13-22(21)27-23(19-15-14-17-8-4-5-9-18(17)16-19)24(25(27)28)29-20-10-2-1-3-11-20/h1-16,23-24H. The number of nitrogens with zero attached hydrogens (tertiary/aromatic N) is 1. The van der Waals surface area contributed by atoms with E-state index in [2.05, 4.69) is 30.3 Å². The highest BCUT2D eigenvalue weighted by atomic mass is 35.5. The van der Waals surface area contributed by atoms with E-state index in [1.54, 1.807) is 11.0 Å². The van der Waals surface area contributed by atoms with Gasteiger partial charge in [0, 0.05) is 0 Å². The Kier molecular flexibility index (Phi) is 4.45. The number of rotatable bonds is 4. The fourth-order valence-electron chi connectivity index (χ4n) is 3.85. The second-order valence-electron chi connectivity index (χ2n) is 7.06. The first kappa shape index (κ1) is 17.8. The predicted octanol–water partition coefficient (Wildman–Crippen LogP) is 6.03. The van der Waals surface area contributed by atoms with Crippen molar-refractivity contribution in [2.24, 2.45) is 0 Å². The molecule has 29 heavy (non-hydrogen) atoms. The van der Waals surface area contributed by atoms with Gasteiger partial charge in [0.1, 0.15) is 11.8 Å². The van der Waals surface area contributed by atoms with Crippen LogP contribution in [-0.2, 0) is 4.79 Å². The molecule has 0 radical (unpaired) electrons. The Morgan fingerprint density at radius 3 is 2.24 bits per heavy atom. The second-order valence-corrected chi connectivity index (χ2v) is 7.47. The van der Waals surface area contributed by atoms with Gasteiger partial charge in [0.25, 0.3) is 5.91 Å². The molecule has 4 heteroatoms. The molecule has 4 aromatic carbocycles. The molecule has 1 aliphatic rings. The van der Waals surface area contributed by atoms with Gasteiger partial charge in [-0.1, -0.05) is 78.3 Å². The molecule has 4 aromatic rings. The van der Waals surface area contributed by atoms with Crippen molar-refractivity contribution in [1.29, 1.82) is 0 Å². The van der Waals surface area contributed by atoms with Crippen LogP contribution in [0.15, 0.2) is 97.1 Å². The lowest BCUT2D eigenvalue weighted by Crippen LogP contribution is -2.61. The van der Waals surface area contributed by atoms with Crippen LogP contribution in [0.4, 0.5) is 5.69 Å². The number of ether oxygens (including phenoxy) is 1. The quantitative estimate of drug-likeness (QED) is 0.392. The van der Waals surface area contributed by atoms with Gasteiger partial charge in [-0.3, -0.25) is 9.69 Å². The Bertz CT molecular complexity index is 1190. The van der Waals surface area contributed by atoms with E-state index in [9.17, 15) is 4.79 Å². The van der Waals surface area contributed by atoms with E-state index in [1.807, 2.05) is 60.7 Å². The van der Waals surface area contributed by atoms with E-state index in [4.69, 9.17) is 16.3 Å². The number of carbonyl (C=O) groups is 1. The third kappa shape index (κ3) is 3.14. The van der Waals surface area contributed by atoms with E-state index in [0.29, 0.717) is 16.5 Å². The molecule has 142 valence electrons. The maximum Gasteiger partial charge on any atom is 0.271 e. The van der Waals surface area contributed by atoms with Crippen LogP contribution in [0.3, 0.4) is 0 Å². The van der Waals surface area contributed by atoms with Crippen LogP contribution < -0.4 is 9.64 Å². The first-order chi connectivity index (χ1) is 14.2. The van der Waals surface area contributed by atoms with Crippen LogP contribution in [0.25, 0.3) is 10.8 Å². The number of para-hydroxylation sites is 2. The van der Waals surface area contributed by atoms with Crippen molar-refractivity contribution in [3.05, 3.63) is 108 Å². The number of anilines is 1. The number of amides is 1. The summed E-state index contributed by atoms with van der Waals surface area (Å²) in [6.45, 7) is 0. The van der Waals surface area contributed by atoms with Crippen LogP contribution in [0.2, 0.25) is 5.02 Å². The van der Waals surface area contributed by atoms with Gasteiger partial charge in [-0.15, -0.1) is 0 Å². The lowest BCUT2D eigenvalue weighted by Gasteiger charge is -2.47. The minimum atomic E-state index is -0.602. The third-order valence-electron chi connectivity index (χ3n) is 5.28.